The lowest BCUT2D eigenvalue weighted by atomic mass is 10.3. The topological polar surface area (TPSA) is 17.1 Å². The Morgan fingerprint density at radius 1 is 1.88 bits per heavy atom. The van der Waals surface area contributed by atoms with Gasteiger partial charge in [0.05, 0.1) is 5.88 Å². The van der Waals surface area contributed by atoms with Gasteiger partial charge in [-0.2, -0.15) is 0 Å². The van der Waals surface area contributed by atoms with E-state index in [1.807, 2.05) is 0 Å². The zero-order valence-electron chi connectivity index (χ0n) is 4.23. The summed E-state index contributed by atoms with van der Waals surface area (Å²) >= 11 is 10.5. The van der Waals surface area contributed by atoms with E-state index in [-0.39, 0.29) is 11.7 Å². The number of alkyl halides is 2. The Morgan fingerprint density at radius 2 is 2.38 bits per heavy atom. The van der Waals surface area contributed by atoms with E-state index in [2.05, 4.69) is 6.58 Å². The Kier molecular flexibility index (Phi) is 3.92. The lowest BCUT2D eigenvalue weighted by Gasteiger charge is -1.94. The average Bonchev–Trinajstić information content (AvgIpc) is 1.84. The number of hydrogen-bond acceptors (Lipinski definition) is 1. The molecule has 1 atom stereocenters. The van der Waals surface area contributed by atoms with Crippen molar-refractivity contribution in [3.8, 4) is 0 Å². The number of carbonyl (C=O) groups is 1. The number of allylic oxidation sites excluding steroid dienone is 1. The summed E-state index contributed by atoms with van der Waals surface area (Å²) < 4.78 is 0. The third-order valence-corrected chi connectivity index (χ3v) is 1.33. The van der Waals surface area contributed by atoms with Crippen molar-refractivity contribution in [3.63, 3.8) is 0 Å². The van der Waals surface area contributed by atoms with Gasteiger partial charge < -0.3 is 0 Å². The highest BCUT2D eigenvalue weighted by atomic mass is 35.5. The van der Waals surface area contributed by atoms with Crippen LogP contribution in [0.2, 0.25) is 0 Å². The molecular formula is C5H6Cl2O. The van der Waals surface area contributed by atoms with Crippen molar-refractivity contribution >= 4 is 29.0 Å². The van der Waals surface area contributed by atoms with Crippen molar-refractivity contribution in [1.82, 2.24) is 0 Å². The number of carbonyl (C=O) groups excluding carboxylic acids is 1. The van der Waals surface area contributed by atoms with Crippen LogP contribution < -0.4 is 0 Å². The summed E-state index contributed by atoms with van der Waals surface area (Å²) in [6.07, 6.45) is 1.35. The highest BCUT2D eigenvalue weighted by Gasteiger charge is 2.07. The lowest BCUT2D eigenvalue weighted by Crippen LogP contribution is -2.11. The minimum atomic E-state index is -0.618. The van der Waals surface area contributed by atoms with Gasteiger partial charge in [-0.05, 0) is 0 Å². The van der Waals surface area contributed by atoms with Crippen LogP contribution in [0.1, 0.15) is 0 Å². The SMILES string of the molecule is C=CC(Cl)C(=O)CCl. The highest BCUT2D eigenvalue weighted by Crippen LogP contribution is 1.98. The quantitative estimate of drug-likeness (QED) is 0.444. The van der Waals surface area contributed by atoms with Gasteiger partial charge in [-0.1, -0.05) is 6.08 Å². The summed E-state index contributed by atoms with van der Waals surface area (Å²) in [5.74, 6) is -0.247. The van der Waals surface area contributed by atoms with Crippen LogP contribution in [0.5, 0.6) is 0 Å². The fourth-order valence-corrected chi connectivity index (χ4v) is 0.528. The minimum absolute atomic E-state index is 0.0415. The van der Waals surface area contributed by atoms with Crippen LogP contribution in [0.25, 0.3) is 0 Å². The second-order valence-corrected chi connectivity index (χ2v) is 1.97. The summed E-state index contributed by atoms with van der Waals surface area (Å²) in [5.41, 5.74) is 0. The summed E-state index contributed by atoms with van der Waals surface area (Å²) in [6.45, 7) is 3.32. The molecule has 8 heavy (non-hydrogen) atoms. The van der Waals surface area contributed by atoms with Gasteiger partial charge in [0, 0.05) is 0 Å². The normalized spacial score (nSPS) is 12.8. The maximum Gasteiger partial charge on any atom is 0.169 e. The van der Waals surface area contributed by atoms with Gasteiger partial charge in [0.25, 0.3) is 0 Å². The lowest BCUT2D eigenvalue weighted by molar-refractivity contribution is -0.115. The summed E-state index contributed by atoms with van der Waals surface area (Å²) in [4.78, 5) is 10.4. The molecule has 0 aromatic carbocycles. The van der Waals surface area contributed by atoms with Gasteiger partial charge >= 0.3 is 0 Å². The molecule has 0 amide bonds. The van der Waals surface area contributed by atoms with E-state index in [4.69, 9.17) is 23.2 Å². The van der Waals surface area contributed by atoms with E-state index in [9.17, 15) is 4.79 Å². The smallest absolute Gasteiger partial charge is 0.169 e. The minimum Gasteiger partial charge on any atom is -0.296 e. The largest absolute Gasteiger partial charge is 0.296 e. The number of halogens is 2. The first-order valence-electron chi connectivity index (χ1n) is 2.07. The van der Waals surface area contributed by atoms with Gasteiger partial charge in [0.2, 0.25) is 0 Å². The number of Topliss-reactive ketones (excluding diaryl/α,β-unsaturated/α-hetero) is 1. The second-order valence-electron chi connectivity index (χ2n) is 1.24. The first kappa shape index (κ1) is 7.99. The first-order chi connectivity index (χ1) is 3.72. The van der Waals surface area contributed by atoms with Crippen LogP contribution in [0.4, 0.5) is 0 Å². The Bertz CT molecular complexity index is 101. The van der Waals surface area contributed by atoms with Gasteiger partial charge in [0.1, 0.15) is 5.38 Å². The van der Waals surface area contributed by atoms with Crippen LogP contribution >= 0.6 is 23.2 Å². The van der Waals surface area contributed by atoms with Crippen LogP contribution in [0.15, 0.2) is 12.7 Å². The molecule has 0 radical (unpaired) electrons. The van der Waals surface area contributed by atoms with Gasteiger partial charge in [-0.15, -0.1) is 29.8 Å². The molecule has 1 unspecified atom stereocenters. The zero-order chi connectivity index (χ0) is 6.57. The second kappa shape index (κ2) is 3.93. The van der Waals surface area contributed by atoms with E-state index in [0.29, 0.717) is 0 Å². The highest BCUT2D eigenvalue weighted by molar-refractivity contribution is 6.38. The van der Waals surface area contributed by atoms with Gasteiger partial charge in [0.15, 0.2) is 5.78 Å². The molecule has 0 aliphatic carbocycles. The molecule has 3 heteroatoms. The maximum atomic E-state index is 10.4. The van der Waals surface area contributed by atoms with E-state index >= 15 is 0 Å². The van der Waals surface area contributed by atoms with Gasteiger partial charge in [-0.25, -0.2) is 0 Å². The molecule has 0 aromatic rings. The molecule has 0 N–H and O–H groups in total. The third kappa shape index (κ3) is 2.34. The third-order valence-electron chi connectivity index (χ3n) is 0.646. The molecule has 0 heterocycles. The Hall–Kier alpha value is -0.0100. The molecule has 46 valence electrons. The van der Waals surface area contributed by atoms with E-state index < -0.39 is 5.38 Å². The van der Waals surface area contributed by atoms with E-state index in [1.54, 1.807) is 0 Å². The molecule has 0 aliphatic rings. The number of rotatable bonds is 3. The van der Waals surface area contributed by atoms with Crippen molar-refractivity contribution in [1.29, 1.82) is 0 Å². The zero-order valence-corrected chi connectivity index (χ0v) is 5.74. The predicted molar refractivity (Wildman–Crippen MR) is 35.6 cm³/mol. The molecule has 0 rings (SSSR count). The first-order valence-corrected chi connectivity index (χ1v) is 3.04. The Labute approximate surface area is 58.3 Å². The van der Waals surface area contributed by atoms with Crippen LogP contribution in [-0.4, -0.2) is 17.0 Å². The summed E-state index contributed by atoms with van der Waals surface area (Å²) in [6, 6.07) is 0. The maximum absolute atomic E-state index is 10.4. The van der Waals surface area contributed by atoms with Gasteiger partial charge in [-0.3, -0.25) is 4.79 Å². The Morgan fingerprint density at radius 3 is 2.50 bits per heavy atom. The molecule has 0 saturated heterocycles. The fraction of sp³-hybridized carbons (Fsp3) is 0.400. The van der Waals surface area contributed by atoms with Crippen molar-refractivity contribution < 1.29 is 4.79 Å². The molecule has 0 spiro atoms. The number of hydrogen-bond donors (Lipinski definition) is 0. The molecule has 0 saturated carbocycles. The molecule has 0 bridgehead atoms. The number of ketones is 1. The summed E-state index contributed by atoms with van der Waals surface area (Å²) in [7, 11) is 0. The molecule has 0 aromatic heterocycles. The molecule has 1 nitrogen and oxygen atoms in total. The fourth-order valence-electron chi connectivity index (χ4n) is 0.205. The molecular weight excluding hydrogens is 147 g/mol. The van der Waals surface area contributed by atoms with Crippen molar-refractivity contribution in [3.05, 3.63) is 12.7 Å². The van der Waals surface area contributed by atoms with E-state index in [1.165, 1.54) is 6.08 Å². The Balaban J connectivity index is 3.62. The van der Waals surface area contributed by atoms with E-state index in [0.717, 1.165) is 0 Å². The standard InChI is InChI=1S/C5H6Cl2O/c1-2-4(7)5(8)3-6/h2,4H,1,3H2. The van der Waals surface area contributed by atoms with Crippen molar-refractivity contribution in [2.45, 2.75) is 5.38 Å². The van der Waals surface area contributed by atoms with Crippen molar-refractivity contribution in [2.24, 2.45) is 0 Å². The molecule has 0 fully saturated rings. The van der Waals surface area contributed by atoms with Crippen LogP contribution in [0.3, 0.4) is 0 Å². The van der Waals surface area contributed by atoms with Crippen molar-refractivity contribution in [2.75, 3.05) is 5.88 Å². The predicted octanol–water partition coefficient (Wildman–Crippen LogP) is 1.59. The summed E-state index contributed by atoms with van der Waals surface area (Å²) in [5, 5.41) is -0.618. The van der Waals surface area contributed by atoms with Crippen LogP contribution in [-0.2, 0) is 4.79 Å². The molecule has 0 aliphatic heterocycles. The van der Waals surface area contributed by atoms with Crippen LogP contribution in [0, 0.1) is 0 Å². The average molecular weight is 153 g/mol. The monoisotopic (exact) mass is 152 g/mol.